The molecule has 1 aromatic rings. The zero-order valence-electron chi connectivity index (χ0n) is 16.6. The van der Waals surface area contributed by atoms with Gasteiger partial charge in [-0.3, -0.25) is 0 Å². The third kappa shape index (κ3) is 2.14. The molecule has 1 saturated heterocycles. The summed E-state index contributed by atoms with van der Waals surface area (Å²) in [5, 5.41) is 0. The van der Waals surface area contributed by atoms with E-state index in [0.717, 1.165) is 23.7 Å². The van der Waals surface area contributed by atoms with Gasteiger partial charge in [-0.2, -0.15) is 0 Å². The zero-order chi connectivity index (χ0) is 17.4. The van der Waals surface area contributed by atoms with Gasteiger partial charge in [-0.1, -0.05) is 24.6 Å². The Kier molecular flexibility index (Phi) is 3.42. The van der Waals surface area contributed by atoms with Crippen molar-refractivity contribution >= 4 is 5.69 Å². The van der Waals surface area contributed by atoms with Crippen molar-refractivity contribution in [1.29, 1.82) is 0 Å². The molecule has 25 heavy (non-hydrogen) atoms. The number of hydrogen-bond acceptors (Lipinski definition) is 1. The maximum atomic E-state index is 2.84. The van der Waals surface area contributed by atoms with Gasteiger partial charge in [0.05, 0.1) is 0 Å². The summed E-state index contributed by atoms with van der Waals surface area (Å²) in [5.41, 5.74) is 3.77. The smallest absolute Gasteiger partial charge is 0.0402 e. The van der Waals surface area contributed by atoms with Gasteiger partial charge in [-0.25, -0.2) is 0 Å². The lowest BCUT2D eigenvalue weighted by Crippen LogP contribution is -2.52. The summed E-state index contributed by atoms with van der Waals surface area (Å²) in [4.78, 5) is 2.84. The molecule has 6 rings (SSSR count). The molecule has 1 nitrogen and oxygen atoms in total. The molecule has 0 radical (unpaired) electrons. The third-order valence-corrected chi connectivity index (χ3v) is 8.89. The van der Waals surface area contributed by atoms with Crippen molar-refractivity contribution in [1.82, 2.24) is 0 Å². The van der Waals surface area contributed by atoms with Gasteiger partial charge in [0, 0.05) is 17.3 Å². The van der Waals surface area contributed by atoms with Crippen LogP contribution in [0.2, 0.25) is 0 Å². The van der Waals surface area contributed by atoms with Crippen LogP contribution in [0.15, 0.2) is 24.3 Å². The minimum atomic E-state index is 0.272. The second-order valence-corrected chi connectivity index (χ2v) is 10.6. The molecule has 5 fully saturated rings. The van der Waals surface area contributed by atoms with Crippen molar-refractivity contribution in [3.63, 3.8) is 0 Å². The second kappa shape index (κ2) is 5.27. The summed E-state index contributed by atoms with van der Waals surface area (Å²) in [6.07, 6.45) is 10.6. The Hall–Kier alpha value is -0.980. The predicted octanol–water partition coefficient (Wildman–Crippen LogP) is 6.20. The minimum absolute atomic E-state index is 0.272. The number of aryl methyl sites for hydroxylation is 1. The first-order valence-electron chi connectivity index (χ1n) is 10.8. The molecule has 6 unspecified atom stereocenters. The fraction of sp³-hybridized carbons (Fsp3) is 0.750. The van der Waals surface area contributed by atoms with Crippen LogP contribution in [-0.4, -0.2) is 11.6 Å². The lowest BCUT2D eigenvalue weighted by molar-refractivity contribution is -0.0331. The van der Waals surface area contributed by atoms with Crippen LogP contribution < -0.4 is 4.90 Å². The van der Waals surface area contributed by atoms with Gasteiger partial charge in [-0.15, -0.1) is 0 Å². The van der Waals surface area contributed by atoms with Gasteiger partial charge >= 0.3 is 0 Å². The van der Waals surface area contributed by atoms with Crippen LogP contribution in [0.1, 0.15) is 71.3 Å². The van der Waals surface area contributed by atoms with E-state index in [4.69, 9.17) is 0 Å². The van der Waals surface area contributed by atoms with Gasteiger partial charge in [0.15, 0.2) is 0 Å². The summed E-state index contributed by atoms with van der Waals surface area (Å²) in [6, 6.07) is 9.77. The number of rotatable bonds is 1. The standard InChI is InChI=1S/C24H35N/c1-16-7-5-6-8-22(16)25-17(2)24(15-23(25,3)4)20-10-9-18-11-19(13-20)14-21(24)12-18/h5-8,17-21H,9-15H2,1-4H3. The molecule has 1 aromatic carbocycles. The van der Waals surface area contributed by atoms with Crippen LogP contribution in [0.3, 0.4) is 0 Å². The summed E-state index contributed by atoms with van der Waals surface area (Å²) < 4.78 is 0. The van der Waals surface area contributed by atoms with E-state index in [1.165, 1.54) is 49.8 Å². The molecule has 1 heteroatoms. The maximum absolute atomic E-state index is 2.84. The van der Waals surface area contributed by atoms with Crippen LogP contribution in [0.25, 0.3) is 0 Å². The van der Waals surface area contributed by atoms with E-state index < -0.39 is 0 Å². The first-order valence-corrected chi connectivity index (χ1v) is 10.8. The zero-order valence-corrected chi connectivity index (χ0v) is 16.6. The molecule has 0 amide bonds. The van der Waals surface area contributed by atoms with E-state index in [2.05, 4.69) is 56.9 Å². The third-order valence-electron chi connectivity index (χ3n) is 8.89. The molecule has 6 atom stereocenters. The maximum Gasteiger partial charge on any atom is 0.0402 e. The van der Waals surface area contributed by atoms with E-state index in [-0.39, 0.29) is 5.54 Å². The Bertz CT molecular complexity index is 666. The molecular formula is C24H35N. The van der Waals surface area contributed by atoms with E-state index in [0.29, 0.717) is 11.5 Å². The highest BCUT2D eigenvalue weighted by Crippen LogP contribution is 2.67. The van der Waals surface area contributed by atoms with E-state index in [1.54, 1.807) is 6.42 Å². The van der Waals surface area contributed by atoms with Gasteiger partial charge in [0.25, 0.3) is 0 Å². The first kappa shape index (κ1) is 16.2. The number of nitrogens with zero attached hydrogens (tertiary/aromatic N) is 1. The summed E-state index contributed by atoms with van der Waals surface area (Å²) >= 11 is 0. The molecule has 5 aliphatic rings. The molecule has 136 valence electrons. The van der Waals surface area contributed by atoms with Gasteiger partial charge in [-0.05, 0) is 107 Å². The van der Waals surface area contributed by atoms with E-state index in [1.807, 2.05) is 0 Å². The van der Waals surface area contributed by atoms with Crippen LogP contribution in [0, 0.1) is 36.0 Å². The monoisotopic (exact) mass is 337 g/mol. The lowest BCUT2D eigenvalue weighted by Gasteiger charge is -2.54. The molecule has 1 spiro atoms. The van der Waals surface area contributed by atoms with Crippen molar-refractivity contribution in [3.8, 4) is 0 Å². The van der Waals surface area contributed by atoms with Crippen LogP contribution in [0.4, 0.5) is 5.69 Å². The number of benzene rings is 1. The van der Waals surface area contributed by atoms with Crippen molar-refractivity contribution in [3.05, 3.63) is 29.8 Å². The summed E-state index contributed by atoms with van der Waals surface area (Å²) in [5.74, 6) is 4.08. The Morgan fingerprint density at radius 1 is 0.920 bits per heavy atom. The predicted molar refractivity (Wildman–Crippen MR) is 106 cm³/mol. The number of anilines is 1. The average Bonchev–Trinajstić information content (AvgIpc) is 2.64. The van der Waals surface area contributed by atoms with E-state index >= 15 is 0 Å². The number of fused-ring (bicyclic) bond motifs is 1. The quantitative estimate of drug-likeness (QED) is 0.589. The van der Waals surface area contributed by atoms with Crippen molar-refractivity contribution in [2.75, 3.05) is 4.90 Å². The van der Waals surface area contributed by atoms with Crippen molar-refractivity contribution in [2.24, 2.45) is 29.1 Å². The normalized spacial score (nSPS) is 44.5. The number of hydrogen-bond donors (Lipinski definition) is 0. The summed E-state index contributed by atoms with van der Waals surface area (Å²) in [6.45, 7) is 9.92. The molecule has 4 aliphatic carbocycles. The lowest BCUT2D eigenvalue weighted by atomic mass is 9.51. The van der Waals surface area contributed by atoms with Crippen LogP contribution >= 0.6 is 0 Å². The second-order valence-electron chi connectivity index (χ2n) is 10.6. The van der Waals surface area contributed by atoms with Gasteiger partial charge in [0.2, 0.25) is 0 Å². The SMILES string of the molecule is Cc1ccccc1N1C(C)C2(CC1(C)C)C1CCC3CC(C1)CC2C3. The molecule has 1 aliphatic heterocycles. The average molecular weight is 338 g/mol. The molecule has 0 aromatic heterocycles. The van der Waals surface area contributed by atoms with Crippen LogP contribution in [0.5, 0.6) is 0 Å². The Morgan fingerprint density at radius 3 is 2.44 bits per heavy atom. The molecule has 1 heterocycles. The molecular weight excluding hydrogens is 302 g/mol. The van der Waals surface area contributed by atoms with Crippen LogP contribution in [-0.2, 0) is 0 Å². The number of para-hydroxylation sites is 1. The molecule has 4 bridgehead atoms. The molecule has 0 N–H and O–H groups in total. The molecule has 4 saturated carbocycles. The minimum Gasteiger partial charge on any atom is -0.363 e. The van der Waals surface area contributed by atoms with Crippen molar-refractivity contribution < 1.29 is 0 Å². The fourth-order valence-corrected chi connectivity index (χ4v) is 8.30. The fourth-order valence-electron chi connectivity index (χ4n) is 8.30. The highest BCUT2D eigenvalue weighted by atomic mass is 15.3. The van der Waals surface area contributed by atoms with Gasteiger partial charge in [0.1, 0.15) is 0 Å². The van der Waals surface area contributed by atoms with Crippen molar-refractivity contribution in [2.45, 2.75) is 84.2 Å². The Labute approximate surface area is 154 Å². The first-order chi connectivity index (χ1) is 11.9. The van der Waals surface area contributed by atoms with Gasteiger partial charge < -0.3 is 4.90 Å². The Balaban J connectivity index is 1.61. The topological polar surface area (TPSA) is 3.24 Å². The highest BCUT2D eigenvalue weighted by molar-refractivity contribution is 5.58. The highest BCUT2D eigenvalue weighted by Gasteiger charge is 2.64. The largest absolute Gasteiger partial charge is 0.363 e. The summed E-state index contributed by atoms with van der Waals surface area (Å²) in [7, 11) is 0. The Morgan fingerprint density at radius 2 is 1.64 bits per heavy atom. The van der Waals surface area contributed by atoms with E-state index in [9.17, 15) is 0 Å².